The maximum absolute atomic E-state index is 13.1. The van der Waals surface area contributed by atoms with Crippen molar-refractivity contribution in [2.75, 3.05) is 11.9 Å². The molecule has 0 aliphatic carbocycles. The molecule has 2 N–H and O–H groups in total. The Balaban J connectivity index is 1.47. The van der Waals surface area contributed by atoms with E-state index in [0.29, 0.717) is 28.3 Å². The van der Waals surface area contributed by atoms with Crippen LogP contribution in [0.2, 0.25) is 0 Å². The van der Waals surface area contributed by atoms with Gasteiger partial charge in [0, 0.05) is 6.07 Å². The summed E-state index contributed by atoms with van der Waals surface area (Å²) in [5, 5.41) is 11.8. The lowest BCUT2D eigenvalue weighted by atomic mass is 10.1. The first kappa shape index (κ1) is 23.0. The summed E-state index contributed by atoms with van der Waals surface area (Å²) in [4.78, 5) is 32.7. The molecule has 0 aliphatic heterocycles. The van der Waals surface area contributed by atoms with Crippen LogP contribution in [-0.2, 0) is 4.79 Å². The number of fused-ring (bicyclic) bond motifs is 1. The normalized spacial score (nSPS) is 11.1. The van der Waals surface area contributed by atoms with E-state index in [1.807, 2.05) is 32.0 Å². The number of hydrogen-bond acceptors (Lipinski definition) is 6. The Hall–Kier alpha value is -4.80. The van der Waals surface area contributed by atoms with Crippen LogP contribution in [-0.4, -0.2) is 42.0 Å². The molecule has 0 spiro atoms. The number of amides is 1. The first-order valence-corrected chi connectivity index (χ1v) is 11.1. The van der Waals surface area contributed by atoms with Crippen molar-refractivity contribution in [3.05, 3.63) is 87.7 Å². The Kier molecular flexibility index (Phi) is 5.80. The quantitative estimate of drug-likeness (QED) is 0.379. The molecule has 0 saturated heterocycles. The van der Waals surface area contributed by atoms with Crippen LogP contribution in [0.15, 0.2) is 59.5 Å². The third-order valence-corrected chi connectivity index (χ3v) is 5.71. The van der Waals surface area contributed by atoms with Gasteiger partial charge in [0.25, 0.3) is 11.5 Å². The Bertz CT molecular complexity index is 1650. The first-order valence-electron chi connectivity index (χ1n) is 11.1. The topological polar surface area (TPSA) is 120 Å². The Morgan fingerprint density at radius 3 is 2.67 bits per heavy atom. The number of ether oxygens (including phenoxy) is 1. The van der Waals surface area contributed by atoms with Crippen molar-refractivity contribution in [2.24, 2.45) is 0 Å². The van der Waals surface area contributed by atoms with Crippen LogP contribution < -0.4 is 15.6 Å². The number of aromatic amines is 1. The predicted molar refractivity (Wildman–Crippen MR) is 131 cm³/mol. The number of halogens is 1. The van der Waals surface area contributed by atoms with Crippen molar-refractivity contribution < 1.29 is 13.9 Å². The third-order valence-electron chi connectivity index (χ3n) is 5.71. The molecule has 5 aromatic rings. The van der Waals surface area contributed by atoms with Crippen LogP contribution in [0.1, 0.15) is 16.8 Å². The third kappa shape index (κ3) is 4.33. The minimum atomic E-state index is -0.468. The summed E-state index contributed by atoms with van der Waals surface area (Å²) in [5.74, 6) is -0.108. The monoisotopic (exact) mass is 487 g/mol. The molecular formula is C25H22FN7O3. The van der Waals surface area contributed by atoms with E-state index in [-0.39, 0.29) is 12.6 Å². The summed E-state index contributed by atoms with van der Waals surface area (Å²) in [5.41, 5.74) is 3.45. The number of carbonyl (C=O) groups is 1. The van der Waals surface area contributed by atoms with Crippen molar-refractivity contribution >= 4 is 22.8 Å². The molecule has 0 aliphatic rings. The largest absolute Gasteiger partial charge is 0.484 e. The van der Waals surface area contributed by atoms with Crippen LogP contribution in [0, 0.1) is 26.6 Å². The first-order chi connectivity index (χ1) is 17.3. The van der Waals surface area contributed by atoms with Crippen LogP contribution in [0.4, 0.5) is 10.2 Å². The van der Waals surface area contributed by atoms with Crippen molar-refractivity contribution in [3.63, 3.8) is 0 Å². The van der Waals surface area contributed by atoms with E-state index in [4.69, 9.17) is 4.74 Å². The fourth-order valence-corrected chi connectivity index (χ4v) is 3.76. The zero-order valence-electron chi connectivity index (χ0n) is 19.7. The lowest BCUT2D eigenvalue weighted by Crippen LogP contribution is -2.23. The number of aromatic nitrogens is 6. The van der Waals surface area contributed by atoms with E-state index in [1.54, 1.807) is 17.7 Å². The average Bonchev–Trinajstić information content (AvgIpc) is 3.44. The number of benzene rings is 2. The summed E-state index contributed by atoms with van der Waals surface area (Å²) < 4.78 is 21.4. The van der Waals surface area contributed by atoms with Crippen LogP contribution in [0.25, 0.3) is 22.7 Å². The van der Waals surface area contributed by atoms with Gasteiger partial charge < -0.3 is 10.1 Å². The van der Waals surface area contributed by atoms with Gasteiger partial charge in [0.15, 0.2) is 12.3 Å². The summed E-state index contributed by atoms with van der Waals surface area (Å²) in [6.45, 7) is 5.42. The number of nitrogens with zero attached hydrogens (tertiary/aromatic N) is 5. The van der Waals surface area contributed by atoms with Crippen molar-refractivity contribution in [2.45, 2.75) is 20.8 Å². The highest BCUT2D eigenvalue weighted by molar-refractivity contribution is 5.91. The summed E-state index contributed by atoms with van der Waals surface area (Å²) in [6, 6.07) is 12.8. The highest BCUT2D eigenvalue weighted by atomic mass is 19.1. The molecule has 0 bridgehead atoms. The van der Waals surface area contributed by atoms with Gasteiger partial charge in [-0.3, -0.25) is 14.6 Å². The van der Waals surface area contributed by atoms with Gasteiger partial charge in [-0.05, 0) is 62.2 Å². The molecule has 0 fully saturated rings. The van der Waals surface area contributed by atoms with Gasteiger partial charge in [0.2, 0.25) is 5.95 Å². The number of anilines is 1. The molecule has 0 saturated carbocycles. The fraction of sp³-hybridized carbons (Fsp3) is 0.160. The lowest BCUT2D eigenvalue weighted by Gasteiger charge is -2.11. The smallest absolute Gasteiger partial charge is 0.263 e. The van der Waals surface area contributed by atoms with Gasteiger partial charge in [-0.25, -0.2) is 9.07 Å². The van der Waals surface area contributed by atoms with E-state index in [1.165, 1.54) is 35.1 Å². The Morgan fingerprint density at radius 1 is 1.11 bits per heavy atom. The minimum Gasteiger partial charge on any atom is -0.484 e. The molecule has 1 amide bonds. The molecule has 3 heterocycles. The van der Waals surface area contributed by atoms with Gasteiger partial charge >= 0.3 is 0 Å². The fourth-order valence-electron chi connectivity index (χ4n) is 3.76. The molecule has 11 heteroatoms. The maximum Gasteiger partial charge on any atom is 0.263 e. The highest BCUT2D eigenvalue weighted by Gasteiger charge is 2.18. The van der Waals surface area contributed by atoms with Crippen molar-refractivity contribution in [1.29, 1.82) is 0 Å². The summed E-state index contributed by atoms with van der Waals surface area (Å²) in [6.07, 6.45) is 1.47. The van der Waals surface area contributed by atoms with Crippen molar-refractivity contribution in [1.82, 2.24) is 29.5 Å². The number of carbonyl (C=O) groups excluding carboxylic acids is 1. The van der Waals surface area contributed by atoms with E-state index in [9.17, 15) is 14.0 Å². The second kappa shape index (κ2) is 9.10. The molecule has 182 valence electrons. The molecule has 0 atom stereocenters. The van der Waals surface area contributed by atoms with Gasteiger partial charge in [-0.2, -0.15) is 19.9 Å². The molecule has 0 radical (unpaired) electrons. The Labute approximate surface area is 204 Å². The molecule has 3 aromatic heterocycles. The molecule has 2 aromatic carbocycles. The van der Waals surface area contributed by atoms with Gasteiger partial charge in [-0.1, -0.05) is 12.1 Å². The second-order valence-electron chi connectivity index (χ2n) is 8.28. The number of aryl methyl sites for hydroxylation is 2. The van der Waals surface area contributed by atoms with Gasteiger partial charge in [0.1, 0.15) is 22.8 Å². The summed E-state index contributed by atoms with van der Waals surface area (Å²) in [7, 11) is 0. The van der Waals surface area contributed by atoms with Gasteiger partial charge in [0.05, 0.1) is 17.6 Å². The van der Waals surface area contributed by atoms with Crippen LogP contribution in [0.5, 0.6) is 5.75 Å². The van der Waals surface area contributed by atoms with Crippen LogP contribution in [0.3, 0.4) is 0 Å². The zero-order chi connectivity index (χ0) is 25.4. The molecule has 36 heavy (non-hydrogen) atoms. The van der Waals surface area contributed by atoms with Crippen molar-refractivity contribution in [3.8, 4) is 17.4 Å². The number of rotatable bonds is 6. The van der Waals surface area contributed by atoms with E-state index >= 15 is 0 Å². The molecule has 10 nitrogen and oxygen atoms in total. The molecule has 0 unspecified atom stereocenters. The second-order valence-corrected chi connectivity index (χ2v) is 8.28. The average molecular weight is 487 g/mol. The Morgan fingerprint density at radius 2 is 1.89 bits per heavy atom. The number of hydrogen-bond donors (Lipinski definition) is 2. The minimum absolute atomic E-state index is 0.113. The zero-order valence-corrected chi connectivity index (χ0v) is 19.7. The predicted octanol–water partition coefficient (Wildman–Crippen LogP) is 3.38. The molecular weight excluding hydrogens is 465 g/mol. The highest BCUT2D eigenvalue weighted by Crippen LogP contribution is 2.21. The van der Waals surface area contributed by atoms with E-state index in [0.717, 1.165) is 16.8 Å². The standard InChI is InChI=1S/C25H22FN7O3/c1-14-5-4-6-20(16(14)3)32-23-19(12-27-32)24(35)30-25(29-23)33-21(11-15(2)31-33)28-22(34)13-36-18-9-7-17(26)8-10-18/h4-12H,13H2,1-3H3,(H,28,34)(H,29,30,35). The molecule has 5 rings (SSSR count). The number of H-pyrrole nitrogens is 1. The summed E-state index contributed by atoms with van der Waals surface area (Å²) >= 11 is 0. The lowest BCUT2D eigenvalue weighted by molar-refractivity contribution is -0.118. The van der Waals surface area contributed by atoms with Gasteiger partial charge in [-0.15, -0.1) is 0 Å². The maximum atomic E-state index is 13.1. The van der Waals surface area contributed by atoms with E-state index < -0.39 is 17.3 Å². The number of nitrogens with one attached hydrogen (secondary N) is 2. The SMILES string of the molecule is Cc1cc(NC(=O)COc2ccc(F)cc2)n(-c2nc3c(cnn3-c3cccc(C)c3C)c(=O)[nH]2)n1. The van der Waals surface area contributed by atoms with E-state index in [2.05, 4.69) is 25.5 Å². The van der Waals surface area contributed by atoms with Crippen LogP contribution >= 0.6 is 0 Å².